The summed E-state index contributed by atoms with van der Waals surface area (Å²) in [6.45, 7) is 13.4. The summed E-state index contributed by atoms with van der Waals surface area (Å²) in [4.78, 5) is 17.2. The van der Waals surface area contributed by atoms with E-state index in [1.807, 2.05) is 0 Å². The molecule has 3 nitrogen and oxygen atoms in total. The van der Waals surface area contributed by atoms with Crippen molar-refractivity contribution in [2.24, 2.45) is 5.92 Å². The van der Waals surface area contributed by atoms with Crippen LogP contribution in [0.5, 0.6) is 0 Å². The minimum Gasteiger partial charge on any atom is -0.301 e. The van der Waals surface area contributed by atoms with E-state index in [1.54, 1.807) is 0 Å². The molecule has 23 heavy (non-hydrogen) atoms. The Morgan fingerprint density at radius 3 is 2.00 bits per heavy atom. The van der Waals surface area contributed by atoms with Crippen molar-refractivity contribution in [3.05, 3.63) is 0 Å². The molecule has 0 N–H and O–H groups in total. The number of carbonyl (C=O) groups is 1. The zero-order valence-electron chi connectivity index (χ0n) is 15.4. The average Bonchev–Trinajstić information content (AvgIpc) is 2.50. The Balaban J connectivity index is 0. The molecule has 0 aromatic carbocycles. The zero-order valence-corrected chi connectivity index (χ0v) is 17.0. The predicted molar refractivity (Wildman–Crippen MR) is 105 cm³/mol. The van der Waals surface area contributed by atoms with Gasteiger partial charge >= 0.3 is 0 Å². The highest BCUT2D eigenvalue weighted by Gasteiger charge is 2.22. The van der Waals surface area contributed by atoms with Crippen molar-refractivity contribution in [1.82, 2.24) is 9.80 Å². The summed E-state index contributed by atoms with van der Waals surface area (Å²) in [5.74, 6) is 0.739. The molecule has 1 aliphatic rings. The molecule has 1 saturated heterocycles. The monoisotopic (exact) mass is 368 g/mol. The van der Waals surface area contributed by atoms with E-state index in [9.17, 15) is 4.79 Å². The summed E-state index contributed by atoms with van der Waals surface area (Å²) in [6.07, 6.45) is 8.16. The van der Waals surface area contributed by atoms with E-state index in [0.717, 1.165) is 38.9 Å². The highest BCUT2D eigenvalue weighted by Crippen LogP contribution is 2.13. The Bertz CT molecular complexity index is 282. The lowest BCUT2D eigenvalue weighted by atomic mass is 9.97. The minimum atomic E-state index is 0. The second-order valence-corrected chi connectivity index (χ2v) is 6.52. The molecule has 0 saturated carbocycles. The van der Waals surface area contributed by atoms with Gasteiger partial charge in [0.25, 0.3) is 0 Å². The molecule has 5 heteroatoms. The number of unbranched alkanes of at least 4 members (excludes halogenated alkanes) is 3. The summed E-state index contributed by atoms with van der Waals surface area (Å²) in [6, 6.07) is 0. The van der Waals surface area contributed by atoms with E-state index in [0.29, 0.717) is 5.78 Å². The van der Waals surface area contributed by atoms with Crippen LogP contribution in [-0.4, -0.2) is 54.9 Å². The van der Waals surface area contributed by atoms with Crippen molar-refractivity contribution in [3.63, 3.8) is 0 Å². The third-order valence-electron chi connectivity index (χ3n) is 4.72. The average molecular weight is 369 g/mol. The van der Waals surface area contributed by atoms with Gasteiger partial charge in [0.05, 0.1) is 0 Å². The number of Topliss-reactive ketones (excluding diaryl/α,β-unsaturated/α-hetero) is 1. The molecule has 1 unspecified atom stereocenters. The molecular formula is C18H38Cl2N2O. The maximum Gasteiger partial charge on any atom is 0.137 e. The Morgan fingerprint density at radius 1 is 0.870 bits per heavy atom. The first kappa shape index (κ1) is 25.4. The fraction of sp³-hybridized carbons (Fsp3) is 0.944. The van der Waals surface area contributed by atoms with Gasteiger partial charge in [-0.05, 0) is 25.8 Å². The van der Waals surface area contributed by atoms with Crippen molar-refractivity contribution in [1.29, 1.82) is 0 Å². The second kappa shape index (κ2) is 15.7. The quantitative estimate of drug-likeness (QED) is 0.504. The Morgan fingerprint density at radius 2 is 1.48 bits per heavy atom. The molecule has 1 rings (SSSR count). The maximum atomic E-state index is 12.1. The zero-order chi connectivity index (χ0) is 15.5. The molecule has 140 valence electrons. The molecule has 0 aromatic heterocycles. The third-order valence-corrected chi connectivity index (χ3v) is 4.72. The van der Waals surface area contributed by atoms with Crippen LogP contribution in [0.1, 0.15) is 65.7 Å². The molecule has 1 aliphatic heterocycles. The molecule has 0 spiro atoms. The first-order chi connectivity index (χ1) is 10.2. The van der Waals surface area contributed by atoms with E-state index < -0.39 is 0 Å². The van der Waals surface area contributed by atoms with Crippen LogP contribution >= 0.6 is 24.8 Å². The highest BCUT2D eigenvalue weighted by atomic mass is 35.5. The molecular weight excluding hydrogens is 331 g/mol. The summed E-state index contributed by atoms with van der Waals surface area (Å²) >= 11 is 0. The molecule has 1 heterocycles. The first-order valence-corrected chi connectivity index (χ1v) is 9.18. The van der Waals surface area contributed by atoms with E-state index in [4.69, 9.17) is 0 Å². The predicted octanol–water partition coefficient (Wildman–Crippen LogP) is 4.42. The van der Waals surface area contributed by atoms with Crippen LogP contribution in [0.3, 0.4) is 0 Å². The molecule has 0 aromatic rings. The number of hydrogen-bond acceptors (Lipinski definition) is 3. The summed E-state index contributed by atoms with van der Waals surface area (Å²) in [7, 11) is 0. The number of nitrogens with zero attached hydrogens (tertiary/aromatic N) is 2. The highest BCUT2D eigenvalue weighted by molar-refractivity contribution is 5.85. The maximum absolute atomic E-state index is 12.1. The fourth-order valence-corrected chi connectivity index (χ4v) is 3.18. The molecule has 1 atom stereocenters. The summed E-state index contributed by atoms with van der Waals surface area (Å²) < 4.78 is 0. The standard InChI is InChI=1S/C18H36N2O.2ClH/c1-4-7-8-9-11-19-12-14-20(15-13-19)16-17(6-3)18(21)10-5-2;;/h17H,4-16H2,1-3H3;2*1H. The van der Waals surface area contributed by atoms with Crippen LogP contribution < -0.4 is 0 Å². The SMILES string of the molecule is CCCCCCN1CCN(CC(CC)C(=O)CCC)CC1.Cl.Cl. The lowest BCUT2D eigenvalue weighted by Crippen LogP contribution is -2.48. The lowest BCUT2D eigenvalue weighted by molar-refractivity contribution is -0.123. The number of ketones is 1. The van der Waals surface area contributed by atoms with Gasteiger partial charge < -0.3 is 9.80 Å². The Hall–Kier alpha value is 0.170. The van der Waals surface area contributed by atoms with Gasteiger partial charge in [0, 0.05) is 45.1 Å². The molecule has 0 aliphatic carbocycles. The van der Waals surface area contributed by atoms with E-state index in [-0.39, 0.29) is 30.7 Å². The minimum absolute atomic E-state index is 0. The number of carbonyl (C=O) groups excluding carboxylic acids is 1. The van der Waals surface area contributed by atoms with Crippen molar-refractivity contribution < 1.29 is 4.79 Å². The van der Waals surface area contributed by atoms with E-state index >= 15 is 0 Å². The van der Waals surface area contributed by atoms with Crippen LogP contribution in [-0.2, 0) is 4.79 Å². The van der Waals surface area contributed by atoms with Gasteiger partial charge in [0.1, 0.15) is 5.78 Å². The van der Waals surface area contributed by atoms with Gasteiger partial charge in [0.2, 0.25) is 0 Å². The van der Waals surface area contributed by atoms with Gasteiger partial charge in [-0.2, -0.15) is 0 Å². The molecule has 0 amide bonds. The van der Waals surface area contributed by atoms with Crippen LogP contribution in [0.25, 0.3) is 0 Å². The summed E-state index contributed by atoms with van der Waals surface area (Å²) in [5, 5.41) is 0. The van der Waals surface area contributed by atoms with Crippen LogP contribution in [0.15, 0.2) is 0 Å². The van der Waals surface area contributed by atoms with Crippen LogP contribution in [0.2, 0.25) is 0 Å². The summed E-state index contributed by atoms with van der Waals surface area (Å²) in [5.41, 5.74) is 0. The van der Waals surface area contributed by atoms with Crippen LogP contribution in [0.4, 0.5) is 0 Å². The topological polar surface area (TPSA) is 23.6 Å². The fourth-order valence-electron chi connectivity index (χ4n) is 3.18. The third kappa shape index (κ3) is 10.6. The van der Waals surface area contributed by atoms with Gasteiger partial charge in [-0.3, -0.25) is 4.79 Å². The van der Waals surface area contributed by atoms with Crippen molar-refractivity contribution >= 4 is 30.6 Å². The Kier molecular flexibility index (Phi) is 17.3. The largest absolute Gasteiger partial charge is 0.301 e. The second-order valence-electron chi connectivity index (χ2n) is 6.52. The van der Waals surface area contributed by atoms with Crippen molar-refractivity contribution in [3.8, 4) is 0 Å². The van der Waals surface area contributed by atoms with Crippen LogP contribution in [0, 0.1) is 5.92 Å². The van der Waals surface area contributed by atoms with E-state index in [1.165, 1.54) is 45.3 Å². The first-order valence-electron chi connectivity index (χ1n) is 9.18. The van der Waals surface area contributed by atoms with Gasteiger partial charge in [-0.1, -0.05) is 40.0 Å². The number of hydrogen-bond donors (Lipinski definition) is 0. The Labute approximate surface area is 156 Å². The van der Waals surface area contributed by atoms with Gasteiger partial charge in [0.15, 0.2) is 0 Å². The molecule has 0 bridgehead atoms. The number of rotatable bonds is 11. The normalized spacial score (nSPS) is 17.2. The molecule has 0 radical (unpaired) electrons. The lowest BCUT2D eigenvalue weighted by Gasteiger charge is -2.36. The van der Waals surface area contributed by atoms with Gasteiger partial charge in [-0.15, -0.1) is 24.8 Å². The molecule has 1 fully saturated rings. The van der Waals surface area contributed by atoms with E-state index in [2.05, 4.69) is 30.6 Å². The van der Waals surface area contributed by atoms with Crippen molar-refractivity contribution in [2.75, 3.05) is 39.3 Å². The van der Waals surface area contributed by atoms with Gasteiger partial charge in [-0.25, -0.2) is 0 Å². The number of piperazine rings is 1. The van der Waals surface area contributed by atoms with Crippen molar-refractivity contribution in [2.45, 2.75) is 65.7 Å². The smallest absolute Gasteiger partial charge is 0.137 e. The number of halogens is 2.